The van der Waals surface area contributed by atoms with Crippen LogP contribution in [-0.4, -0.2) is 6.54 Å². The van der Waals surface area contributed by atoms with Crippen LogP contribution >= 0.6 is 0 Å². The van der Waals surface area contributed by atoms with Gasteiger partial charge in [0, 0.05) is 6.04 Å². The summed E-state index contributed by atoms with van der Waals surface area (Å²) in [6.07, 6.45) is 5.95. The Kier molecular flexibility index (Phi) is 3.66. The van der Waals surface area contributed by atoms with Gasteiger partial charge in [0.1, 0.15) is 0 Å². The standard InChI is InChI=1S/C18H27N/c1-12-4-5-17(10-13(12)2)14(3)19-11-18(15-6-7-15)16-8-9-16/h4-5,10,14-16,18-19H,6-9,11H2,1-3H3. The molecular weight excluding hydrogens is 230 g/mol. The molecule has 0 saturated heterocycles. The molecule has 0 aliphatic heterocycles. The first-order valence-electron chi connectivity index (χ1n) is 7.95. The van der Waals surface area contributed by atoms with Crippen molar-refractivity contribution in [2.45, 2.75) is 52.5 Å². The number of hydrogen-bond donors (Lipinski definition) is 1. The maximum Gasteiger partial charge on any atom is 0.0292 e. The summed E-state index contributed by atoms with van der Waals surface area (Å²) in [6, 6.07) is 7.36. The van der Waals surface area contributed by atoms with E-state index in [0.29, 0.717) is 6.04 Å². The molecule has 1 aromatic rings. The molecule has 1 N–H and O–H groups in total. The highest BCUT2D eigenvalue weighted by molar-refractivity contribution is 5.31. The molecular formula is C18H27N. The molecule has 1 unspecified atom stereocenters. The first-order chi connectivity index (χ1) is 9.15. The summed E-state index contributed by atoms with van der Waals surface area (Å²) in [5, 5.41) is 3.79. The Morgan fingerprint density at radius 2 is 1.68 bits per heavy atom. The third kappa shape index (κ3) is 3.20. The SMILES string of the molecule is Cc1ccc(C(C)NCC(C2CC2)C2CC2)cc1C. The Bertz CT molecular complexity index is 431. The molecule has 2 fully saturated rings. The van der Waals surface area contributed by atoms with Crippen molar-refractivity contribution in [2.24, 2.45) is 17.8 Å². The van der Waals surface area contributed by atoms with E-state index in [1.807, 2.05) is 0 Å². The average molecular weight is 257 g/mol. The van der Waals surface area contributed by atoms with Gasteiger partial charge in [0.2, 0.25) is 0 Å². The fraction of sp³-hybridized carbons (Fsp3) is 0.667. The van der Waals surface area contributed by atoms with Crippen LogP contribution in [0.1, 0.15) is 55.3 Å². The molecule has 19 heavy (non-hydrogen) atoms. The summed E-state index contributed by atoms with van der Waals surface area (Å²) < 4.78 is 0. The van der Waals surface area contributed by atoms with Crippen LogP contribution < -0.4 is 5.32 Å². The second kappa shape index (κ2) is 5.28. The fourth-order valence-corrected chi connectivity index (χ4v) is 3.23. The van der Waals surface area contributed by atoms with E-state index in [1.165, 1.54) is 48.9 Å². The van der Waals surface area contributed by atoms with Crippen LogP contribution in [0.3, 0.4) is 0 Å². The second-order valence-corrected chi connectivity index (χ2v) is 6.81. The number of hydrogen-bond acceptors (Lipinski definition) is 1. The van der Waals surface area contributed by atoms with Gasteiger partial charge in [0.15, 0.2) is 0 Å². The van der Waals surface area contributed by atoms with Gasteiger partial charge >= 0.3 is 0 Å². The third-order valence-electron chi connectivity index (χ3n) is 5.15. The van der Waals surface area contributed by atoms with Gasteiger partial charge in [0.25, 0.3) is 0 Å². The number of aryl methyl sites for hydroxylation is 2. The molecule has 1 heteroatoms. The Morgan fingerprint density at radius 3 is 2.21 bits per heavy atom. The smallest absolute Gasteiger partial charge is 0.0292 e. The van der Waals surface area contributed by atoms with Crippen LogP contribution in [0.2, 0.25) is 0 Å². The van der Waals surface area contributed by atoms with Crippen molar-refractivity contribution in [3.8, 4) is 0 Å². The molecule has 1 aromatic carbocycles. The maximum absolute atomic E-state index is 3.79. The first kappa shape index (κ1) is 13.2. The predicted molar refractivity (Wildman–Crippen MR) is 81.3 cm³/mol. The van der Waals surface area contributed by atoms with Gasteiger partial charge in [-0.05, 0) is 87.4 Å². The van der Waals surface area contributed by atoms with Crippen LogP contribution in [-0.2, 0) is 0 Å². The van der Waals surface area contributed by atoms with E-state index < -0.39 is 0 Å². The number of benzene rings is 1. The summed E-state index contributed by atoms with van der Waals surface area (Å²) in [5.41, 5.74) is 4.24. The molecule has 0 radical (unpaired) electrons. The minimum Gasteiger partial charge on any atom is -0.310 e. The lowest BCUT2D eigenvalue weighted by molar-refractivity contribution is 0.362. The van der Waals surface area contributed by atoms with Gasteiger partial charge in [-0.1, -0.05) is 18.2 Å². The van der Waals surface area contributed by atoms with Crippen LogP contribution in [0, 0.1) is 31.6 Å². The highest BCUT2D eigenvalue weighted by atomic mass is 14.9. The number of nitrogens with one attached hydrogen (secondary N) is 1. The Labute approximate surface area is 117 Å². The minimum absolute atomic E-state index is 0.485. The molecule has 104 valence electrons. The monoisotopic (exact) mass is 257 g/mol. The minimum atomic E-state index is 0.485. The van der Waals surface area contributed by atoms with E-state index in [2.05, 4.69) is 44.3 Å². The van der Waals surface area contributed by atoms with Gasteiger partial charge in [0.05, 0.1) is 0 Å². The highest BCUT2D eigenvalue weighted by Gasteiger charge is 2.41. The van der Waals surface area contributed by atoms with E-state index >= 15 is 0 Å². The first-order valence-corrected chi connectivity index (χ1v) is 7.95. The third-order valence-corrected chi connectivity index (χ3v) is 5.15. The van der Waals surface area contributed by atoms with E-state index in [1.54, 1.807) is 0 Å². The van der Waals surface area contributed by atoms with Crippen molar-refractivity contribution in [3.05, 3.63) is 34.9 Å². The Hall–Kier alpha value is -0.820. The maximum atomic E-state index is 3.79. The van der Waals surface area contributed by atoms with Crippen LogP contribution in [0.15, 0.2) is 18.2 Å². The molecule has 2 aliphatic carbocycles. The van der Waals surface area contributed by atoms with E-state index in [0.717, 1.165) is 17.8 Å². The summed E-state index contributed by atoms with van der Waals surface area (Å²) in [7, 11) is 0. The second-order valence-electron chi connectivity index (χ2n) is 6.81. The van der Waals surface area contributed by atoms with Crippen molar-refractivity contribution in [2.75, 3.05) is 6.54 Å². The molecule has 0 aromatic heterocycles. The zero-order valence-electron chi connectivity index (χ0n) is 12.6. The summed E-state index contributed by atoms with van der Waals surface area (Å²) in [5.74, 6) is 3.06. The molecule has 2 saturated carbocycles. The molecule has 3 rings (SSSR count). The quantitative estimate of drug-likeness (QED) is 0.797. The molecule has 0 bridgehead atoms. The largest absolute Gasteiger partial charge is 0.310 e. The Morgan fingerprint density at radius 1 is 1.05 bits per heavy atom. The lowest BCUT2D eigenvalue weighted by Crippen LogP contribution is -2.28. The van der Waals surface area contributed by atoms with Gasteiger partial charge < -0.3 is 5.32 Å². The van der Waals surface area contributed by atoms with Crippen LogP contribution in [0.25, 0.3) is 0 Å². The lowest BCUT2D eigenvalue weighted by atomic mass is 9.96. The van der Waals surface area contributed by atoms with Crippen molar-refractivity contribution in [1.82, 2.24) is 5.32 Å². The van der Waals surface area contributed by atoms with Crippen LogP contribution in [0.5, 0.6) is 0 Å². The highest BCUT2D eigenvalue weighted by Crippen LogP contribution is 2.48. The van der Waals surface area contributed by atoms with Gasteiger partial charge in [-0.25, -0.2) is 0 Å². The van der Waals surface area contributed by atoms with Crippen LogP contribution in [0.4, 0.5) is 0 Å². The summed E-state index contributed by atoms with van der Waals surface area (Å²) in [6.45, 7) is 7.93. The van der Waals surface area contributed by atoms with Crippen molar-refractivity contribution in [3.63, 3.8) is 0 Å². The molecule has 1 atom stereocenters. The molecule has 0 heterocycles. The van der Waals surface area contributed by atoms with Gasteiger partial charge in [-0.3, -0.25) is 0 Å². The molecule has 1 nitrogen and oxygen atoms in total. The molecule has 0 spiro atoms. The lowest BCUT2D eigenvalue weighted by Gasteiger charge is -2.21. The normalized spacial score (nSPS) is 20.8. The fourth-order valence-electron chi connectivity index (χ4n) is 3.23. The summed E-state index contributed by atoms with van der Waals surface area (Å²) in [4.78, 5) is 0. The van der Waals surface area contributed by atoms with E-state index in [9.17, 15) is 0 Å². The topological polar surface area (TPSA) is 12.0 Å². The Balaban J connectivity index is 1.57. The number of rotatable bonds is 6. The van der Waals surface area contributed by atoms with Crippen molar-refractivity contribution in [1.29, 1.82) is 0 Å². The van der Waals surface area contributed by atoms with Gasteiger partial charge in [-0.15, -0.1) is 0 Å². The average Bonchev–Trinajstić information content (AvgIpc) is 3.26. The van der Waals surface area contributed by atoms with E-state index in [4.69, 9.17) is 0 Å². The molecule has 0 amide bonds. The zero-order valence-corrected chi connectivity index (χ0v) is 12.6. The summed E-state index contributed by atoms with van der Waals surface area (Å²) >= 11 is 0. The molecule has 2 aliphatic rings. The van der Waals surface area contributed by atoms with Crippen molar-refractivity contribution < 1.29 is 0 Å². The van der Waals surface area contributed by atoms with E-state index in [-0.39, 0.29) is 0 Å². The van der Waals surface area contributed by atoms with Gasteiger partial charge in [-0.2, -0.15) is 0 Å². The predicted octanol–water partition coefficient (Wildman–Crippen LogP) is 4.39. The van der Waals surface area contributed by atoms with Crippen molar-refractivity contribution >= 4 is 0 Å². The zero-order chi connectivity index (χ0) is 13.4.